The zero-order chi connectivity index (χ0) is 17.3. The van der Waals surface area contributed by atoms with Crippen molar-refractivity contribution in [1.29, 1.82) is 0 Å². The Bertz CT molecular complexity index is 975. The molecule has 0 fully saturated rings. The maximum Gasteiger partial charge on any atom is 0.419 e. The zero-order valence-corrected chi connectivity index (χ0v) is 14.0. The van der Waals surface area contributed by atoms with E-state index >= 15 is 0 Å². The van der Waals surface area contributed by atoms with Gasteiger partial charge in [-0.25, -0.2) is 9.59 Å². The van der Waals surface area contributed by atoms with Crippen LogP contribution in [0.15, 0.2) is 45.6 Å². The molecule has 1 aromatic heterocycles. The number of benzene rings is 2. The Hall–Kier alpha value is -2.73. The monoisotopic (exact) mass is 345 g/mol. The first-order valence-electron chi connectivity index (χ1n) is 7.46. The second-order valence-electron chi connectivity index (χ2n) is 5.29. The number of aromatic nitrogens is 1. The Morgan fingerprint density at radius 2 is 2.04 bits per heavy atom. The van der Waals surface area contributed by atoms with Crippen molar-refractivity contribution < 1.29 is 9.21 Å². The third-order valence-electron chi connectivity index (χ3n) is 3.76. The number of nitrogens with one attached hydrogen (secondary N) is 2. The summed E-state index contributed by atoms with van der Waals surface area (Å²) >= 11 is 6.04. The van der Waals surface area contributed by atoms with E-state index < -0.39 is 11.8 Å². The fourth-order valence-electron chi connectivity index (χ4n) is 2.47. The number of amides is 2. The van der Waals surface area contributed by atoms with Gasteiger partial charge in [0, 0.05) is 29.0 Å². The van der Waals surface area contributed by atoms with Crippen LogP contribution in [0, 0.1) is 6.92 Å². The highest BCUT2D eigenvalue weighted by molar-refractivity contribution is 6.31. The summed E-state index contributed by atoms with van der Waals surface area (Å²) in [6, 6.07) is 9.96. The lowest BCUT2D eigenvalue weighted by Gasteiger charge is -2.10. The molecule has 3 rings (SSSR count). The summed E-state index contributed by atoms with van der Waals surface area (Å²) in [5.74, 6) is -0.413. The summed E-state index contributed by atoms with van der Waals surface area (Å²) in [6.45, 7) is 4.21. The average Bonchev–Trinajstić information content (AvgIpc) is 2.86. The molecule has 0 aliphatic rings. The largest absolute Gasteiger partial charge is 0.419 e. The summed E-state index contributed by atoms with van der Waals surface area (Å²) in [5.41, 5.74) is 3.06. The zero-order valence-electron chi connectivity index (χ0n) is 13.2. The highest BCUT2D eigenvalue weighted by Crippen LogP contribution is 2.23. The molecule has 2 N–H and O–H groups in total. The van der Waals surface area contributed by atoms with Gasteiger partial charge < -0.3 is 15.1 Å². The average molecular weight is 346 g/mol. The maximum absolute atomic E-state index is 12.1. The van der Waals surface area contributed by atoms with Crippen LogP contribution >= 0.6 is 11.6 Å². The van der Waals surface area contributed by atoms with Gasteiger partial charge in [0.1, 0.15) is 0 Å². The van der Waals surface area contributed by atoms with Gasteiger partial charge in [0.15, 0.2) is 5.58 Å². The SMILES string of the molecule is CCn1c(=O)oc2cc(NC(=O)Nc3cccc(Cl)c3C)ccc21. The minimum atomic E-state index is -0.413. The number of carbonyl (C=O) groups is 1. The third-order valence-corrected chi connectivity index (χ3v) is 4.17. The Morgan fingerprint density at radius 1 is 1.25 bits per heavy atom. The molecule has 0 saturated heterocycles. The summed E-state index contributed by atoms with van der Waals surface area (Å²) < 4.78 is 6.71. The first-order chi connectivity index (χ1) is 11.5. The molecule has 0 atom stereocenters. The Kier molecular flexibility index (Phi) is 4.31. The standard InChI is InChI=1S/C17H16ClN3O3/c1-3-21-14-8-7-11(9-15(14)24-17(21)23)19-16(22)20-13-6-4-5-12(18)10(13)2/h4-9H,3H2,1-2H3,(H2,19,20,22). The second kappa shape index (κ2) is 6.41. The normalized spacial score (nSPS) is 10.8. The molecule has 0 aliphatic carbocycles. The fourth-order valence-corrected chi connectivity index (χ4v) is 2.65. The van der Waals surface area contributed by atoms with E-state index in [0.29, 0.717) is 34.0 Å². The van der Waals surface area contributed by atoms with Crippen LogP contribution in [-0.4, -0.2) is 10.6 Å². The van der Waals surface area contributed by atoms with E-state index in [-0.39, 0.29) is 0 Å². The predicted molar refractivity (Wildman–Crippen MR) is 95.0 cm³/mol. The van der Waals surface area contributed by atoms with Crippen molar-refractivity contribution >= 4 is 40.1 Å². The van der Waals surface area contributed by atoms with Crippen molar-refractivity contribution in [2.24, 2.45) is 0 Å². The number of halogens is 1. The topological polar surface area (TPSA) is 76.3 Å². The van der Waals surface area contributed by atoms with Gasteiger partial charge in [-0.2, -0.15) is 0 Å². The maximum atomic E-state index is 12.1. The lowest BCUT2D eigenvalue weighted by molar-refractivity contribution is 0.262. The Morgan fingerprint density at radius 3 is 2.79 bits per heavy atom. The smallest absolute Gasteiger partial charge is 0.408 e. The molecule has 7 heteroatoms. The third kappa shape index (κ3) is 3.00. The van der Waals surface area contributed by atoms with Gasteiger partial charge in [0.25, 0.3) is 0 Å². The van der Waals surface area contributed by atoms with Crippen LogP contribution in [0.3, 0.4) is 0 Å². The van der Waals surface area contributed by atoms with Crippen LogP contribution in [0.2, 0.25) is 5.02 Å². The van der Waals surface area contributed by atoms with Crippen LogP contribution in [0.1, 0.15) is 12.5 Å². The number of fused-ring (bicyclic) bond motifs is 1. The van der Waals surface area contributed by atoms with Gasteiger partial charge in [-0.05, 0) is 43.7 Å². The molecule has 0 unspecified atom stereocenters. The molecule has 124 valence electrons. The summed E-state index contributed by atoms with van der Waals surface area (Å²) in [4.78, 5) is 23.8. The molecule has 2 aromatic carbocycles. The van der Waals surface area contributed by atoms with Crippen LogP contribution < -0.4 is 16.4 Å². The summed E-state index contributed by atoms with van der Waals surface area (Å²) in [5, 5.41) is 6.04. The molecule has 0 aliphatic heterocycles. The Labute approximate surface area is 143 Å². The number of anilines is 2. The second-order valence-corrected chi connectivity index (χ2v) is 5.69. The lowest BCUT2D eigenvalue weighted by atomic mass is 10.2. The first kappa shape index (κ1) is 16.1. The molecule has 2 amide bonds. The van der Waals surface area contributed by atoms with E-state index in [0.717, 1.165) is 5.56 Å². The molecule has 0 bridgehead atoms. The number of hydrogen-bond donors (Lipinski definition) is 2. The van der Waals surface area contributed by atoms with Crippen LogP contribution in [0.25, 0.3) is 11.1 Å². The van der Waals surface area contributed by atoms with Crippen LogP contribution in [0.4, 0.5) is 16.2 Å². The molecule has 0 saturated carbocycles. The molecule has 24 heavy (non-hydrogen) atoms. The number of aryl methyl sites for hydroxylation is 1. The Balaban J connectivity index is 1.80. The molecular formula is C17H16ClN3O3. The minimum Gasteiger partial charge on any atom is -0.408 e. The van der Waals surface area contributed by atoms with Gasteiger partial charge in [0.2, 0.25) is 0 Å². The highest BCUT2D eigenvalue weighted by Gasteiger charge is 2.11. The molecule has 0 radical (unpaired) electrons. The van der Waals surface area contributed by atoms with E-state index in [2.05, 4.69) is 10.6 Å². The van der Waals surface area contributed by atoms with Crippen molar-refractivity contribution in [1.82, 2.24) is 4.57 Å². The summed E-state index contributed by atoms with van der Waals surface area (Å²) in [7, 11) is 0. The van der Waals surface area contributed by atoms with E-state index in [1.807, 2.05) is 13.8 Å². The van der Waals surface area contributed by atoms with Gasteiger partial charge in [0.05, 0.1) is 5.52 Å². The van der Waals surface area contributed by atoms with Gasteiger partial charge in [-0.1, -0.05) is 17.7 Å². The molecule has 6 nitrogen and oxygen atoms in total. The van der Waals surface area contributed by atoms with Crippen molar-refractivity contribution in [2.45, 2.75) is 20.4 Å². The van der Waals surface area contributed by atoms with E-state index in [9.17, 15) is 9.59 Å². The van der Waals surface area contributed by atoms with Gasteiger partial charge >= 0.3 is 11.8 Å². The predicted octanol–water partition coefficient (Wildman–Crippen LogP) is 4.22. The molecular weight excluding hydrogens is 330 g/mol. The number of urea groups is 1. The van der Waals surface area contributed by atoms with Crippen LogP contribution in [0.5, 0.6) is 0 Å². The minimum absolute atomic E-state index is 0.406. The van der Waals surface area contributed by atoms with Crippen molar-refractivity contribution in [3.8, 4) is 0 Å². The van der Waals surface area contributed by atoms with E-state index in [1.165, 1.54) is 4.57 Å². The number of carbonyl (C=O) groups excluding carboxylic acids is 1. The molecule has 1 heterocycles. The summed E-state index contributed by atoms with van der Waals surface area (Å²) in [6.07, 6.45) is 0. The van der Waals surface area contributed by atoms with Gasteiger partial charge in [-0.3, -0.25) is 4.57 Å². The van der Waals surface area contributed by atoms with E-state index in [4.69, 9.17) is 16.0 Å². The number of rotatable bonds is 3. The van der Waals surface area contributed by atoms with E-state index in [1.54, 1.807) is 36.4 Å². The van der Waals surface area contributed by atoms with Crippen LogP contribution in [-0.2, 0) is 6.54 Å². The number of oxazole rings is 1. The fraction of sp³-hybridized carbons (Fsp3) is 0.176. The van der Waals surface area contributed by atoms with Crippen molar-refractivity contribution in [3.63, 3.8) is 0 Å². The number of nitrogens with zero attached hydrogens (tertiary/aromatic N) is 1. The van der Waals surface area contributed by atoms with Crippen molar-refractivity contribution in [2.75, 3.05) is 10.6 Å². The quantitative estimate of drug-likeness (QED) is 0.746. The number of hydrogen-bond acceptors (Lipinski definition) is 3. The van der Waals surface area contributed by atoms with Crippen molar-refractivity contribution in [3.05, 3.63) is 57.5 Å². The first-order valence-corrected chi connectivity index (χ1v) is 7.84. The molecule has 0 spiro atoms. The van der Waals surface area contributed by atoms with Gasteiger partial charge in [-0.15, -0.1) is 0 Å². The highest BCUT2D eigenvalue weighted by atomic mass is 35.5. The molecule has 3 aromatic rings. The lowest BCUT2D eigenvalue weighted by Crippen LogP contribution is -2.20.